The van der Waals surface area contributed by atoms with Gasteiger partial charge in [-0.3, -0.25) is 0 Å². The Morgan fingerprint density at radius 3 is 2.33 bits per heavy atom. The van der Waals surface area contributed by atoms with Crippen molar-refractivity contribution in [3.8, 4) is 5.75 Å². The van der Waals surface area contributed by atoms with Gasteiger partial charge in [0.1, 0.15) is 5.75 Å². The first-order chi connectivity index (χ1) is 8.69. The number of hydrogen-bond donors (Lipinski definition) is 2. The van der Waals surface area contributed by atoms with E-state index in [9.17, 15) is 5.11 Å². The Labute approximate surface area is 109 Å². The summed E-state index contributed by atoms with van der Waals surface area (Å²) < 4.78 is 5.16. The Balaban J connectivity index is 1.88. The van der Waals surface area contributed by atoms with E-state index in [1.54, 1.807) is 7.11 Å². The van der Waals surface area contributed by atoms with Crippen LogP contribution in [-0.4, -0.2) is 24.4 Å². The lowest BCUT2D eigenvalue weighted by Crippen LogP contribution is -2.36. The number of aliphatic hydroxyl groups is 1. The molecule has 2 rings (SSSR count). The Hall–Kier alpha value is -1.06. The Bertz CT molecular complexity index is 355. The highest BCUT2D eigenvalue weighted by atomic mass is 16.5. The SMILES string of the molecule is COc1ccc(C(C)NC2CCC(O)CC2)cc1. The molecule has 1 unspecified atom stereocenters. The van der Waals surface area contributed by atoms with Crippen molar-refractivity contribution in [3.63, 3.8) is 0 Å². The van der Waals surface area contributed by atoms with Crippen molar-refractivity contribution < 1.29 is 9.84 Å². The molecule has 1 aliphatic carbocycles. The number of aliphatic hydroxyl groups excluding tert-OH is 1. The fraction of sp³-hybridized carbons (Fsp3) is 0.600. The number of nitrogens with one attached hydrogen (secondary N) is 1. The van der Waals surface area contributed by atoms with Gasteiger partial charge in [-0.15, -0.1) is 0 Å². The quantitative estimate of drug-likeness (QED) is 0.862. The van der Waals surface area contributed by atoms with Crippen molar-refractivity contribution in [3.05, 3.63) is 29.8 Å². The summed E-state index contributed by atoms with van der Waals surface area (Å²) in [6, 6.07) is 9.08. The van der Waals surface area contributed by atoms with Crippen LogP contribution in [0.4, 0.5) is 0 Å². The van der Waals surface area contributed by atoms with E-state index in [2.05, 4.69) is 24.4 Å². The maximum Gasteiger partial charge on any atom is 0.118 e. The smallest absolute Gasteiger partial charge is 0.118 e. The van der Waals surface area contributed by atoms with Crippen LogP contribution in [0.25, 0.3) is 0 Å². The monoisotopic (exact) mass is 249 g/mol. The predicted octanol–water partition coefficient (Wildman–Crippen LogP) is 2.65. The van der Waals surface area contributed by atoms with E-state index in [0.717, 1.165) is 31.4 Å². The van der Waals surface area contributed by atoms with Crippen LogP contribution in [0.1, 0.15) is 44.2 Å². The lowest BCUT2D eigenvalue weighted by atomic mass is 9.92. The zero-order chi connectivity index (χ0) is 13.0. The molecule has 0 saturated heterocycles. The molecule has 18 heavy (non-hydrogen) atoms. The molecule has 0 bridgehead atoms. The molecule has 0 aliphatic heterocycles. The van der Waals surface area contributed by atoms with Crippen LogP contribution in [0.3, 0.4) is 0 Å². The standard InChI is InChI=1S/C15H23NO2/c1-11(12-3-9-15(18-2)10-4-12)16-13-5-7-14(17)8-6-13/h3-4,9-11,13-14,16-17H,5-8H2,1-2H3. The minimum atomic E-state index is -0.0839. The highest BCUT2D eigenvalue weighted by molar-refractivity contribution is 5.28. The maximum atomic E-state index is 9.49. The number of ether oxygens (including phenoxy) is 1. The van der Waals surface area contributed by atoms with E-state index in [-0.39, 0.29) is 6.10 Å². The first-order valence-electron chi connectivity index (χ1n) is 6.77. The molecule has 1 saturated carbocycles. The van der Waals surface area contributed by atoms with Gasteiger partial charge in [-0.1, -0.05) is 12.1 Å². The molecule has 1 atom stereocenters. The molecule has 0 heterocycles. The van der Waals surface area contributed by atoms with E-state index in [1.807, 2.05) is 12.1 Å². The number of methoxy groups -OCH3 is 1. The highest BCUT2D eigenvalue weighted by Crippen LogP contribution is 2.23. The van der Waals surface area contributed by atoms with E-state index < -0.39 is 0 Å². The van der Waals surface area contributed by atoms with Crippen LogP contribution >= 0.6 is 0 Å². The second-order valence-corrected chi connectivity index (χ2v) is 5.17. The van der Waals surface area contributed by atoms with Crippen LogP contribution in [0.2, 0.25) is 0 Å². The van der Waals surface area contributed by atoms with Gasteiger partial charge in [0.25, 0.3) is 0 Å². The van der Waals surface area contributed by atoms with Crippen molar-refractivity contribution in [1.29, 1.82) is 0 Å². The molecule has 1 aromatic rings. The first kappa shape index (κ1) is 13.4. The third kappa shape index (κ3) is 3.47. The maximum absolute atomic E-state index is 9.49. The molecule has 0 spiro atoms. The van der Waals surface area contributed by atoms with Gasteiger partial charge in [0.2, 0.25) is 0 Å². The fourth-order valence-corrected chi connectivity index (χ4v) is 2.58. The van der Waals surface area contributed by atoms with Crippen molar-refractivity contribution in [2.24, 2.45) is 0 Å². The lowest BCUT2D eigenvalue weighted by molar-refractivity contribution is 0.114. The summed E-state index contributed by atoms with van der Waals surface area (Å²) in [6.07, 6.45) is 3.91. The first-order valence-corrected chi connectivity index (χ1v) is 6.77. The van der Waals surface area contributed by atoms with E-state index in [0.29, 0.717) is 12.1 Å². The summed E-state index contributed by atoms with van der Waals surface area (Å²) in [5.74, 6) is 0.895. The summed E-state index contributed by atoms with van der Waals surface area (Å²) in [4.78, 5) is 0. The van der Waals surface area contributed by atoms with Gasteiger partial charge < -0.3 is 15.2 Å². The van der Waals surface area contributed by atoms with Crippen molar-refractivity contribution in [2.45, 2.75) is 50.8 Å². The highest BCUT2D eigenvalue weighted by Gasteiger charge is 2.20. The summed E-state index contributed by atoms with van der Waals surface area (Å²) in [5, 5.41) is 13.1. The summed E-state index contributed by atoms with van der Waals surface area (Å²) in [5.41, 5.74) is 1.28. The molecule has 3 heteroatoms. The Morgan fingerprint density at radius 1 is 1.17 bits per heavy atom. The van der Waals surface area contributed by atoms with Gasteiger partial charge in [0, 0.05) is 12.1 Å². The van der Waals surface area contributed by atoms with Crippen molar-refractivity contribution >= 4 is 0 Å². The lowest BCUT2D eigenvalue weighted by Gasteiger charge is -2.29. The van der Waals surface area contributed by atoms with Crippen LogP contribution in [0.5, 0.6) is 5.75 Å². The van der Waals surface area contributed by atoms with Gasteiger partial charge in [-0.2, -0.15) is 0 Å². The molecule has 1 aromatic carbocycles. The van der Waals surface area contributed by atoms with Gasteiger partial charge in [-0.25, -0.2) is 0 Å². The van der Waals surface area contributed by atoms with E-state index in [4.69, 9.17) is 4.74 Å². The van der Waals surface area contributed by atoms with Gasteiger partial charge >= 0.3 is 0 Å². The molecule has 0 aromatic heterocycles. The molecule has 3 nitrogen and oxygen atoms in total. The third-order valence-corrected chi connectivity index (χ3v) is 3.80. The van der Waals surface area contributed by atoms with Gasteiger partial charge in [-0.05, 0) is 50.3 Å². The predicted molar refractivity (Wildman–Crippen MR) is 72.8 cm³/mol. The third-order valence-electron chi connectivity index (χ3n) is 3.80. The molecule has 2 N–H and O–H groups in total. The van der Waals surface area contributed by atoms with Crippen LogP contribution < -0.4 is 10.1 Å². The molecule has 1 aliphatic rings. The second-order valence-electron chi connectivity index (χ2n) is 5.17. The topological polar surface area (TPSA) is 41.5 Å². The number of rotatable bonds is 4. The van der Waals surface area contributed by atoms with Gasteiger partial charge in [0.05, 0.1) is 13.2 Å². The van der Waals surface area contributed by atoms with Crippen molar-refractivity contribution in [1.82, 2.24) is 5.32 Å². The van der Waals surface area contributed by atoms with Gasteiger partial charge in [0.15, 0.2) is 0 Å². The van der Waals surface area contributed by atoms with E-state index >= 15 is 0 Å². The van der Waals surface area contributed by atoms with Crippen LogP contribution in [0.15, 0.2) is 24.3 Å². The molecular weight excluding hydrogens is 226 g/mol. The zero-order valence-corrected chi connectivity index (χ0v) is 11.2. The van der Waals surface area contributed by atoms with E-state index in [1.165, 1.54) is 5.56 Å². The van der Waals surface area contributed by atoms with Crippen LogP contribution in [0, 0.1) is 0 Å². The van der Waals surface area contributed by atoms with Crippen molar-refractivity contribution in [2.75, 3.05) is 7.11 Å². The minimum Gasteiger partial charge on any atom is -0.497 e. The average Bonchev–Trinajstić information content (AvgIpc) is 2.41. The summed E-state index contributed by atoms with van der Waals surface area (Å²) >= 11 is 0. The zero-order valence-electron chi connectivity index (χ0n) is 11.2. The Morgan fingerprint density at radius 2 is 1.78 bits per heavy atom. The molecular formula is C15H23NO2. The second kappa shape index (κ2) is 6.21. The van der Waals surface area contributed by atoms with Crippen LogP contribution in [-0.2, 0) is 0 Å². The summed E-state index contributed by atoms with van der Waals surface area (Å²) in [6.45, 7) is 2.19. The normalized spacial score (nSPS) is 25.7. The molecule has 100 valence electrons. The minimum absolute atomic E-state index is 0.0839. The number of benzene rings is 1. The Kier molecular flexibility index (Phi) is 4.61. The fourth-order valence-electron chi connectivity index (χ4n) is 2.58. The average molecular weight is 249 g/mol. The summed E-state index contributed by atoms with van der Waals surface area (Å²) in [7, 11) is 1.68. The number of hydrogen-bond acceptors (Lipinski definition) is 3. The molecule has 1 fully saturated rings. The largest absolute Gasteiger partial charge is 0.497 e. The molecule has 0 radical (unpaired) electrons. The molecule has 0 amide bonds.